The van der Waals surface area contributed by atoms with Crippen molar-refractivity contribution in [2.45, 2.75) is 6.04 Å². The van der Waals surface area contributed by atoms with Gasteiger partial charge in [0.1, 0.15) is 0 Å². The first-order chi connectivity index (χ1) is 9.74. The third-order valence-electron chi connectivity index (χ3n) is 3.52. The zero-order valence-corrected chi connectivity index (χ0v) is 11.3. The molecule has 1 N–H and O–H groups in total. The molecule has 0 unspecified atom stereocenters. The van der Waals surface area contributed by atoms with Crippen LogP contribution in [0.25, 0.3) is 0 Å². The van der Waals surface area contributed by atoms with Crippen LogP contribution in [0.4, 0.5) is 0 Å². The average Bonchev–Trinajstić information content (AvgIpc) is 2.83. The third-order valence-corrected chi connectivity index (χ3v) is 3.52. The molecule has 1 atom stereocenters. The Bertz CT molecular complexity index is 652. The Morgan fingerprint density at radius 2 is 1.65 bits per heavy atom. The molecule has 0 fully saturated rings. The number of benzene rings is 2. The lowest BCUT2D eigenvalue weighted by atomic mass is 9.98. The minimum absolute atomic E-state index is 0.0881. The fourth-order valence-corrected chi connectivity index (χ4v) is 2.53. The normalized spacial score (nSPS) is 16.5. The summed E-state index contributed by atoms with van der Waals surface area (Å²) in [6.45, 7) is 0. The van der Waals surface area contributed by atoms with Gasteiger partial charge in [-0.2, -0.15) is 0 Å². The summed E-state index contributed by atoms with van der Waals surface area (Å²) >= 11 is 0. The second kappa shape index (κ2) is 4.89. The van der Waals surface area contributed by atoms with Crippen molar-refractivity contribution in [3.63, 3.8) is 0 Å². The molecule has 1 aliphatic heterocycles. The van der Waals surface area contributed by atoms with E-state index in [1.54, 1.807) is 20.3 Å². The molecule has 0 aliphatic carbocycles. The van der Waals surface area contributed by atoms with Gasteiger partial charge in [-0.25, -0.2) is 0 Å². The lowest BCUT2D eigenvalue weighted by Gasteiger charge is -2.14. The highest BCUT2D eigenvalue weighted by atomic mass is 16.5. The second-order valence-corrected chi connectivity index (χ2v) is 4.61. The van der Waals surface area contributed by atoms with Crippen LogP contribution in [-0.2, 0) is 0 Å². The SMILES string of the molecule is COc1cc2c(cc1OC)[C@H](c1ccccc1)NC2=O. The number of fused-ring (bicyclic) bond motifs is 1. The highest BCUT2D eigenvalue weighted by molar-refractivity contribution is 6.00. The first-order valence-electron chi connectivity index (χ1n) is 6.36. The molecule has 102 valence electrons. The molecule has 2 aromatic rings. The smallest absolute Gasteiger partial charge is 0.252 e. The largest absolute Gasteiger partial charge is 0.493 e. The molecule has 20 heavy (non-hydrogen) atoms. The zero-order valence-electron chi connectivity index (χ0n) is 11.3. The molecule has 0 aromatic heterocycles. The number of methoxy groups -OCH3 is 2. The van der Waals surface area contributed by atoms with E-state index in [4.69, 9.17) is 9.47 Å². The lowest BCUT2D eigenvalue weighted by molar-refractivity contribution is 0.0960. The number of hydrogen-bond donors (Lipinski definition) is 1. The Labute approximate surface area is 117 Å². The minimum atomic E-state index is -0.140. The van der Waals surface area contributed by atoms with Gasteiger partial charge in [-0.3, -0.25) is 4.79 Å². The molecule has 1 aliphatic rings. The molecule has 0 saturated carbocycles. The van der Waals surface area contributed by atoms with Crippen LogP contribution in [0.2, 0.25) is 0 Å². The Morgan fingerprint density at radius 3 is 2.30 bits per heavy atom. The Kier molecular flexibility index (Phi) is 3.06. The lowest BCUT2D eigenvalue weighted by Crippen LogP contribution is -2.19. The van der Waals surface area contributed by atoms with Crippen LogP contribution in [0.5, 0.6) is 11.5 Å². The highest BCUT2D eigenvalue weighted by Gasteiger charge is 2.31. The number of amides is 1. The molecular weight excluding hydrogens is 254 g/mol. The summed E-state index contributed by atoms with van der Waals surface area (Å²) in [4.78, 5) is 12.1. The highest BCUT2D eigenvalue weighted by Crippen LogP contribution is 2.38. The Balaban J connectivity index is 2.12. The number of ether oxygens (including phenoxy) is 2. The fraction of sp³-hybridized carbons (Fsp3) is 0.188. The van der Waals surface area contributed by atoms with Crippen LogP contribution >= 0.6 is 0 Å². The number of nitrogens with one attached hydrogen (secondary N) is 1. The number of hydrogen-bond acceptors (Lipinski definition) is 3. The topological polar surface area (TPSA) is 47.6 Å². The number of carbonyl (C=O) groups excluding carboxylic acids is 1. The van der Waals surface area contributed by atoms with Crippen molar-refractivity contribution >= 4 is 5.91 Å². The molecular formula is C16H15NO3. The van der Waals surface area contributed by atoms with E-state index in [9.17, 15) is 4.79 Å². The molecule has 1 amide bonds. The van der Waals surface area contributed by atoms with Crippen LogP contribution in [0.3, 0.4) is 0 Å². The maximum absolute atomic E-state index is 12.1. The molecule has 4 heteroatoms. The second-order valence-electron chi connectivity index (χ2n) is 4.61. The first-order valence-corrected chi connectivity index (χ1v) is 6.36. The standard InChI is InChI=1S/C16H15NO3/c1-19-13-8-11-12(9-14(13)20-2)16(18)17-15(11)10-6-4-3-5-7-10/h3-9,15H,1-2H3,(H,17,18)/t15-/m0/s1. The monoisotopic (exact) mass is 269 g/mol. The predicted octanol–water partition coefficient (Wildman–Crippen LogP) is 2.54. The van der Waals surface area contributed by atoms with Crippen molar-refractivity contribution in [3.05, 3.63) is 59.2 Å². The van der Waals surface area contributed by atoms with Gasteiger partial charge in [-0.15, -0.1) is 0 Å². The number of rotatable bonds is 3. The van der Waals surface area contributed by atoms with Gasteiger partial charge in [0.2, 0.25) is 0 Å². The van der Waals surface area contributed by atoms with Crippen LogP contribution in [0.1, 0.15) is 27.5 Å². The molecule has 0 spiro atoms. The molecule has 0 radical (unpaired) electrons. The van der Waals surface area contributed by atoms with E-state index in [0.717, 1.165) is 11.1 Å². The van der Waals surface area contributed by atoms with Gasteiger partial charge in [-0.1, -0.05) is 30.3 Å². The molecule has 4 nitrogen and oxygen atoms in total. The maximum atomic E-state index is 12.1. The number of carbonyl (C=O) groups is 1. The molecule has 2 aromatic carbocycles. The molecule has 0 bridgehead atoms. The van der Waals surface area contributed by atoms with E-state index in [1.807, 2.05) is 36.4 Å². The third kappa shape index (κ3) is 1.90. The minimum Gasteiger partial charge on any atom is -0.493 e. The predicted molar refractivity (Wildman–Crippen MR) is 75.3 cm³/mol. The van der Waals surface area contributed by atoms with Gasteiger partial charge in [-0.05, 0) is 23.3 Å². The summed E-state index contributed by atoms with van der Waals surface area (Å²) in [6.07, 6.45) is 0. The molecule has 0 saturated heterocycles. The maximum Gasteiger partial charge on any atom is 0.252 e. The van der Waals surface area contributed by atoms with E-state index in [1.165, 1.54) is 0 Å². The molecule has 3 rings (SSSR count). The van der Waals surface area contributed by atoms with Crippen molar-refractivity contribution in [1.29, 1.82) is 0 Å². The van der Waals surface area contributed by atoms with Crippen molar-refractivity contribution in [2.24, 2.45) is 0 Å². The summed E-state index contributed by atoms with van der Waals surface area (Å²) in [5, 5.41) is 2.99. The van der Waals surface area contributed by atoms with Crippen molar-refractivity contribution in [1.82, 2.24) is 5.32 Å². The Morgan fingerprint density at radius 1 is 1.00 bits per heavy atom. The summed E-state index contributed by atoms with van der Waals surface area (Å²) in [5.74, 6) is 1.11. The molecule has 1 heterocycles. The quantitative estimate of drug-likeness (QED) is 0.931. The van der Waals surface area contributed by atoms with E-state index >= 15 is 0 Å². The van der Waals surface area contributed by atoms with Gasteiger partial charge < -0.3 is 14.8 Å². The summed E-state index contributed by atoms with van der Waals surface area (Å²) in [6, 6.07) is 13.3. The van der Waals surface area contributed by atoms with Gasteiger partial charge in [0.25, 0.3) is 5.91 Å². The summed E-state index contributed by atoms with van der Waals surface area (Å²) < 4.78 is 10.6. The van der Waals surface area contributed by atoms with Crippen molar-refractivity contribution < 1.29 is 14.3 Å². The van der Waals surface area contributed by atoms with Crippen molar-refractivity contribution in [2.75, 3.05) is 14.2 Å². The van der Waals surface area contributed by atoms with Gasteiger partial charge in [0.15, 0.2) is 11.5 Å². The first kappa shape index (κ1) is 12.5. The van der Waals surface area contributed by atoms with Crippen molar-refractivity contribution in [3.8, 4) is 11.5 Å². The van der Waals surface area contributed by atoms with E-state index < -0.39 is 0 Å². The van der Waals surface area contributed by atoms with Crippen LogP contribution < -0.4 is 14.8 Å². The van der Waals surface area contributed by atoms with Crippen LogP contribution in [0.15, 0.2) is 42.5 Å². The van der Waals surface area contributed by atoms with E-state index in [-0.39, 0.29) is 11.9 Å². The average molecular weight is 269 g/mol. The zero-order chi connectivity index (χ0) is 14.1. The van der Waals surface area contributed by atoms with Crippen LogP contribution in [0, 0.1) is 0 Å². The van der Waals surface area contributed by atoms with Crippen LogP contribution in [-0.4, -0.2) is 20.1 Å². The summed E-state index contributed by atoms with van der Waals surface area (Å²) in [5.41, 5.74) is 2.60. The van der Waals surface area contributed by atoms with Gasteiger partial charge >= 0.3 is 0 Å². The Hall–Kier alpha value is -2.49. The fourth-order valence-electron chi connectivity index (χ4n) is 2.53. The van der Waals surface area contributed by atoms with E-state index in [2.05, 4.69) is 5.32 Å². The van der Waals surface area contributed by atoms with Gasteiger partial charge in [0, 0.05) is 5.56 Å². The summed E-state index contributed by atoms with van der Waals surface area (Å²) in [7, 11) is 3.15. The van der Waals surface area contributed by atoms with Gasteiger partial charge in [0.05, 0.1) is 20.3 Å². The van der Waals surface area contributed by atoms with E-state index in [0.29, 0.717) is 17.1 Å².